The molecule has 1 aromatic rings. The summed E-state index contributed by atoms with van der Waals surface area (Å²) in [6.45, 7) is 4.11. The van der Waals surface area contributed by atoms with Crippen molar-refractivity contribution in [3.63, 3.8) is 0 Å². The third-order valence-corrected chi connectivity index (χ3v) is 3.67. The molecular formula is C15H20FN3O2. The second-order valence-electron chi connectivity index (χ2n) is 5.24. The van der Waals surface area contributed by atoms with Gasteiger partial charge in [0.05, 0.1) is 5.69 Å². The van der Waals surface area contributed by atoms with Gasteiger partial charge in [-0.15, -0.1) is 0 Å². The van der Waals surface area contributed by atoms with Gasteiger partial charge in [-0.2, -0.15) is 0 Å². The maximum absolute atomic E-state index is 13.8. The largest absolute Gasteiger partial charge is 0.339 e. The van der Waals surface area contributed by atoms with Crippen molar-refractivity contribution in [2.75, 3.05) is 44.7 Å². The summed E-state index contributed by atoms with van der Waals surface area (Å²) in [7, 11) is 2.00. The van der Waals surface area contributed by atoms with Crippen molar-refractivity contribution in [2.45, 2.75) is 6.92 Å². The van der Waals surface area contributed by atoms with Crippen molar-refractivity contribution >= 4 is 17.5 Å². The topological polar surface area (TPSA) is 43.9 Å². The van der Waals surface area contributed by atoms with Crippen LogP contribution < -0.4 is 4.90 Å². The fourth-order valence-electron chi connectivity index (χ4n) is 2.33. The van der Waals surface area contributed by atoms with Crippen molar-refractivity contribution < 1.29 is 14.0 Å². The van der Waals surface area contributed by atoms with Gasteiger partial charge < -0.3 is 14.7 Å². The number of hydrogen-bond donors (Lipinski definition) is 0. The van der Waals surface area contributed by atoms with Gasteiger partial charge in [0.15, 0.2) is 0 Å². The second kappa shape index (κ2) is 6.67. The molecule has 114 valence electrons. The van der Waals surface area contributed by atoms with E-state index in [9.17, 15) is 14.0 Å². The summed E-state index contributed by atoms with van der Waals surface area (Å²) in [5.74, 6) is -0.997. The van der Waals surface area contributed by atoms with Gasteiger partial charge in [0.25, 0.3) is 0 Å². The molecule has 21 heavy (non-hydrogen) atoms. The third-order valence-electron chi connectivity index (χ3n) is 3.67. The van der Waals surface area contributed by atoms with Crippen LogP contribution in [0, 0.1) is 5.82 Å². The van der Waals surface area contributed by atoms with E-state index in [1.807, 2.05) is 7.05 Å². The molecule has 1 aliphatic heterocycles. The molecule has 0 unspecified atom stereocenters. The smallest absolute Gasteiger partial charge is 0.242 e. The number of hydrogen-bond acceptors (Lipinski definition) is 3. The maximum atomic E-state index is 13.8. The summed E-state index contributed by atoms with van der Waals surface area (Å²) >= 11 is 0. The number of halogens is 1. The molecule has 0 radical (unpaired) electrons. The van der Waals surface area contributed by atoms with E-state index >= 15 is 0 Å². The first-order valence-electron chi connectivity index (χ1n) is 6.98. The minimum absolute atomic E-state index is 0.125. The average Bonchev–Trinajstić information content (AvgIpc) is 2.46. The van der Waals surface area contributed by atoms with Gasteiger partial charge >= 0.3 is 0 Å². The minimum atomic E-state index is -0.501. The van der Waals surface area contributed by atoms with Crippen LogP contribution in [0.3, 0.4) is 0 Å². The predicted octanol–water partition coefficient (Wildman–Crippen LogP) is 0.953. The standard InChI is InChI=1S/C15H20FN3O2/c1-12(20)19(14-6-4-3-5-13(14)16)11-15(21)18-9-7-17(2)8-10-18/h3-6H,7-11H2,1-2H3. The lowest BCUT2D eigenvalue weighted by Crippen LogP contribution is -2.50. The molecule has 0 N–H and O–H groups in total. The molecule has 1 aromatic carbocycles. The summed E-state index contributed by atoms with van der Waals surface area (Å²) in [6.07, 6.45) is 0. The molecule has 1 saturated heterocycles. The molecule has 6 heteroatoms. The van der Waals surface area contributed by atoms with E-state index in [1.54, 1.807) is 17.0 Å². The lowest BCUT2D eigenvalue weighted by Gasteiger charge is -2.33. The Morgan fingerprint density at radius 3 is 2.38 bits per heavy atom. The van der Waals surface area contributed by atoms with Crippen molar-refractivity contribution in [1.82, 2.24) is 9.80 Å². The van der Waals surface area contributed by atoms with E-state index < -0.39 is 5.82 Å². The molecule has 0 aliphatic carbocycles. The zero-order valence-corrected chi connectivity index (χ0v) is 12.4. The Hall–Kier alpha value is -1.95. The fourth-order valence-corrected chi connectivity index (χ4v) is 2.33. The molecule has 5 nitrogen and oxygen atoms in total. The highest BCUT2D eigenvalue weighted by molar-refractivity contribution is 5.97. The van der Waals surface area contributed by atoms with E-state index in [4.69, 9.17) is 0 Å². The van der Waals surface area contributed by atoms with Crippen LogP contribution in [0.2, 0.25) is 0 Å². The number of benzene rings is 1. The first-order chi connectivity index (χ1) is 9.99. The quantitative estimate of drug-likeness (QED) is 0.833. The number of likely N-dealkylation sites (N-methyl/N-ethyl adjacent to an activating group) is 1. The summed E-state index contributed by atoms with van der Waals surface area (Å²) < 4.78 is 13.8. The number of para-hydroxylation sites is 1. The molecule has 1 heterocycles. The Morgan fingerprint density at radius 1 is 1.19 bits per heavy atom. The Balaban J connectivity index is 2.08. The SMILES string of the molecule is CC(=O)N(CC(=O)N1CCN(C)CC1)c1ccccc1F. The first kappa shape index (κ1) is 15.4. The van der Waals surface area contributed by atoms with Crippen molar-refractivity contribution in [3.8, 4) is 0 Å². The first-order valence-corrected chi connectivity index (χ1v) is 6.98. The highest BCUT2D eigenvalue weighted by Gasteiger charge is 2.24. The highest BCUT2D eigenvalue weighted by Crippen LogP contribution is 2.19. The van der Waals surface area contributed by atoms with Crippen molar-refractivity contribution in [3.05, 3.63) is 30.1 Å². The van der Waals surface area contributed by atoms with E-state index in [1.165, 1.54) is 24.0 Å². The van der Waals surface area contributed by atoms with E-state index in [-0.39, 0.29) is 24.0 Å². The van der Waals surface area contributed by atoms with Gasteiger partial charge in [-0.1, -0.05) is 12.1 Å². The van der Waals surface area contributed by atoms with Crippen LogP contribution >= 0.6 is 0 Å². The fraction of sp³-hybridized carbons (Fsp3) is 0.467. The number of rotatable bonds is 3. The van der Waals surface area contributed by atoms with E-state index in [0.717, 1.165) is 13.1 Å². The molecule has 0 spiro atoms. The molecule has 1 fully saturated rings. The number of nitrogens with zero attached hydrogens (tertiary/aromatic N) is 3. The van der Waals surface area contributed by atoms with Gasteiger partial charge in [-0.3, -0.25) is 9.59 Å². The zero-order chi connectivity index (χ0) is 15.4. The van der Waals surface area contributed by atoms with Gasteiger partial charge in [0.1, 0.15) is 12.4 Å². The molecule has 0 atom stereocenters. The normalized spacial score (nSPS) is 15.9. The number of carbonyl (C=O) groups excluding carboxylic acids is 2. The molecule has 1 aliphatic rings. The number of anilines is 1. The molecule has 0 aromatic heterocycles. The number of piperazine rings is 1. The second-order valence-corrected chi connectivity index (χ2v) is 5.24. The molecule has 0 saturated carbocycles. The Kier molecular flexibility index (Phi) is 4.90. The Morgan fingerprint density at radius 2 is 1.81 bits per heavy atom. The summed E-state index contributed by atoms with van der Waals surface area (Å²) in [6, 6.07) is 5.99. The lowest BCUT2D eigenvalue weighted by atomic mass is 10.2. The Bertz CT molecular complexity index is 527. The van der Waals surface area contributed by atoms with Crippen LogP contribution in [-0.4, -0.2) is 61.4 Å². The third kappa shape index (κ3) is 3.78. The Labute approximate surface area is 123 Å². The summed E-state index contributed by atoms with van der Waals surface area (Å²) in [5.41, 5.74) is 0.146. The van der Waals surface area contributed by atoms with Crippen molar-refractivity contribution in [2.24, 2.45) is 0 Å². The van der Waals surface area contributed by atoms with Crippen LogP contribution in [0.5, 0.6) is 0 Å². The number of carbonyl (C=O) groups is 2. The van der Waals surface area contributed by atoms with Gasteiger partial charge in [-0.25, -0.2) is 4.39 Å². The predicted molar refractivity (Wildman–Crippen MR) is 78.5 cm³/mol. The van der Waals surface area contributed by atoms with Gasteiger partial charge in [0, 0.05) is 33.1 Å². The van der Waals surface area contributed by atoms with Crippen LogP contribution in [-0.2, 0) is 9.59 Å². The maximum Gasteiger partial charge on any atom is 0.242 e. The minimum Gasteiger partial charge on any atom is -0.339 e. The van der Waals surface area contributed by atoms with Crippen LogP contribution in [0.25, 0.3) is 0 Å². The molecule has 2 amide bonds. The van der Waals surface area contributed by atoms with Crippen LogP contribution in [0.1, 0.15) is 6.92 Å². The molecular weight excluding hydrogens is 273 g/mol. The van der Waals surface area contributed by atoms with E-state index in [2.05, 4.69) is 4.90 Å². The van der Waals surface area contributed by atoms with Gasteiger partial charge in [0.2, 0.25) is 11.8 Å². The van der Waals surface area contributed by atoms with E-state index in [0.29, 0.717) is 13.1 Å². The summed E-state index contributed by atoms with van der Waals surface area (Å²) in [4.78, 5) is 29.1. The lowest BCUT2D eigenvalue weighted by molar-refractivity contribution is -0.132. The molecule has 0 bridgehead atoms. The summed E-state index contributed by atoms with van der Waals surface area (Å²) in [5, 5.41) is 0. The number of amides is 2. The van der Waals surface area contributed by atoms with Crippen LogP contribution in [0.4, 0.5) is 10.1 Å². The molecule has 2 rings (SSSR count). The van der Waals surface area contributed by atoms with Gasteiger partial charge in [-0.05, 0) is 19.2 Å². The average molecular weight is 293 g/mol. The monoisotopic (exact) mass is 293 g/mol. The zero-order valence-electron chi connectivity index (χ0n) is 12.4. The highest BCUT2D eigenvalue weighted by atomic mass is 19.1. The van der Waals surface area contributed by atoms with Crippen molar-refractivity contribution in [1.29, 1.82) is 0 Å². The van der Waals surface area contributed by atoms with Crippen LogP contribution in [0.15, 0.2) is 24.3 Å².